The summed E-state index contributed by atoms with van der Waals surface area (Å²) in [6.45, 7) is -0.154. The van der Waals surface area contributed by atoms with Crippen LogP contribution in [0.1, 0.15) is 10.4 Å². The first-order valence-electron chi connectivity index (χ1n) is 6.60. The van der Waals surface area contributed by atoms with E-state index < -0.39 is 0 Å². The Balaban J connectivity index is 1.81. The highest BCUT2D eigenvalue weighted by atomic mass is 35.5. The highest BCUT2D eigenvalue weighted by Crippen LogP contribution is 2.29. The SMILES string of the molecule is O=C(COc1ccc(Cl)c2cccnc12)c1ccc(F)cc1. The summed E-state index contributed by atoms with van der Waals surface area (Å²) in [5.41, 5.74) is 0.995. The average molecular weight is 316 g/mol. The maximum absolute atomic E-state index is 12.8. The number of nitrogens with zero attached hydrogens (tertiary/aromatic N) is 1. The summed E-state index contributed by atoms with van der Waals surface area (Å²) in [5.74, 6) is -0.139. The predicted molar refractivity (Wildman–Crippen MR) is 83.0 cm³/mol. The fourth-order valence-electron chi connectivity index (χ4n) is 2.09. The maximum atomic E-state index is 12.8. The summed E-state index contributed by atoms with van der Waals surface area (Å²) >= 11 is 6.10. The van der Waals surface area contributed by atoms with Crippen molar-refractivity contribution < 1.29 is 13.9 Å². The van der Waals surface area contributed by atoms with Gasteiger partial charge in [0.1, 0.15) is 17.1 Å². The third-order valence-corrected chi connectivity index (χ3v) is 3.53. The lowest BCUT2D eigenvalue weighted by Gasteiger charge is -2.09. The second kappa shape index (κ2) is 6.12. The van der Waals surface area contributed by atoms with Crippen LogP contribution >= 0.6 is 11.6 Å². The molecule has 0 radical (unpaired) electrons. The Morgan fingerprint density at radius 1 is 1.14 bits per heavy atom. The van der Waals surface area contributed by atoms with Gasteiger partial charge in [-0.25, -0.2) is 4.39 Å². The molecule has 0 bridgehead atoms. The van der Waals surface area contributed by atoms with Gasteiger partial charge in [0.25, 0.3) is 0 Å². The number of hydrogen-bond acceptors (Lipinski definition) is 3. The van der Waals surface area contributed by atoms with E-state index in [1.807, 2.05) is 6.07 Å². The first kappa shape index (κ1) is 14.5. The smallest absolute Gasteiger partial charge is 0.200 e. The van der Waals surface area contributed by atoms with Crippen LogP contribution in [-0.4, -0.2) is 17.4 Å². The van der Waals surface area contributed by atoms with Crippen molar-refractivity contribution in [3.05, 3.63) is 71.1 Å². The van der Waals surface area contributed by atoms with E-state index in [2.05, 4.69) is 4.98 Å². The van der Waals surface area contributed by atoms with Crippen LogP contribution in [0.4, 0.5) is 4.39 Å². The van der Waals surface area contributed by atoms with Crippen LogP contribution in [0.2, 0.25) is 5.02 Å². The zero-order valence-electron chi connectivity index (χ0n) is 11.4. The minimum atomic E-state index is -0.384. The molecular formula is C17H11ClFNO2. The van der Waals surface area contributed by atoms with Gasteiger partial charge >= 0.3 is 0 Å². The lowest BCUT2D eigenvalue weighted by molar-refractivity contribution is 0.0922. The maximum Gasteiger partial charge on any atom is 0.200 e. The van der Waals surface area contributed by atoms with E-state index in [-0.39, 0.29) is 18.2 Å². The van der Waals surface area contributed by atoms with E-state index in [0.29, 0.717) is 21.9 Å². The van der Waals surface area contributed by atoms with Crippen molar-refractivity contribution in [3.63, 3.8) is 0 Å². The van der Waals surface area contributed by atoms with Crippen molar-refractivity contribution in [3.8, 4) is 5.75 Å². The molecule has 110 valence electrons. The fraction of sp³-hybridized carbons (Fsp3) is 0.0588. The fourth-order valence-corrected chi connectivity index (χ4v) is 2.31. The number of carbonyl (C=O) groups excluding carboxylic acids is 1. The number of carbonyl (C=O) groups is 1. The van der Waals surface area contributed by atoms with Crippen LogP contribution in [0.25, 0.3) is 10.9 Å². The molecule has 0 spiro atoms. The molecular weight excluding hydrogens is 305 g/mol. The van der Waals surface area contributed by atoms with Gasteiger partial charge < -0.3 is 4.74 Å². The van der Waals surface area contributed by atoms with Crippen LogP contribution in [-0.2, 0) is 0 Å². The number of aromatic nitrogens is 1. The number of ketones is 1. The Bertz CT molecular complexity index is 834. The zero-order valence-corrected chi connectivity index (χ0v) is 12.2. The number of benzene rings is 2. The second-order valence-corrected chi connectivity index (χ2v) is 5.07. The zero-order chi connectivity index (χ0) is 15.5. The summed E-state index contributed by atoms with van der Waals surface area (Å²) in [6, 6.07) is 12.3. The predicted octanol–water partition coefficient (Wildman–Crippen LogP) is 4.29. The molecule has 0 fully saturated rings. The van der Waals surface area contributed by atoms with Gasteiger partial charge in [0.2, 0.25) is 0 Å². The summed E-state index contributed by atoms with van der Waals surface area (Å²) < 4.78 is 18.4. The van der Waals surface area contributed by atoms with Crippen LogP contribution in [0.3, 0.4) is 0 Å². The average Bonchev–Trinajstić information content (AvgIpc) is 2.55. The number of hydrogen-bond donors (Lipinski definition) is 0. The highest BCUT2D eigenvalue weighted by Gasteiger charge is 2.10. The van der Waals surface area contributed by atoms with Gasteiger partial charge in [-0.3, -0.25) is 9.78 Å². The minimum Gasteiger partial charge on any atom is -0.483 e. The molecule has 1 aromatic heterocycles. The van der Waals surface area contributed by atoms with E-state index in [9.17, 15) is 9.18 Å². The quantitative estimate of drug-likeness (QED) is 0.674. The lowest BCUT2D eigenvalue weighted by atomic mass is 10.1. The first-order valence-corrected chi connectivity index (χ1v) is 6.98. The second-order valence-electron chi connectivity index (χ2n) is 4.66. The Labute approximate surface area is 131 Å². The number of fused-ring (bicyclic) bond motifs is 1. The van der Waals surface area contributed by atoms with Crippen molar-refractivity contribution >= 4 is 28.3 Å². The van der Waals surface area contributed by atoms with E-state index in [1.165, 1.54) is 24.3 Å². The molecule has 0 saturated heterocycles. The van der Waals surface area contributed by atoms with Gasteiger partial charge in [-0.05, 0) is 48.5 Å². The number of Topliss-reactive ketones (excluding diaryl/α,β-unsaturated/α-hetero) is 1. The van der Waals surface area contributed by atoms with Crippen molar-refractivity contribution in [2.24, 2.45) is 0 Å². The topological polar surface area (TPSA) is 39.2 Å². The van der Waals surface area contributed by atoms with Crippen LogP contribution in [0.5, 0.6) is 5.75 Å². The van der Waals surface area contributed by atoms with E-state index in [1.54, 1.807) is 24.4 Å². The molecule has 22 heavy (non-hydrogen) atoms. The van der Waals surface area contributed by atoms with Crippen LogP contribution in [0.15, 0.2) is 54.7 Å². The van der Waals surface area contributed by atoms with Gasteiger partial charge in [-0.1, -0.05) is 11.6 Å². The molecule has 5 heteroatoms. The van der Waals surface area contributed by atoms with E-state index in [4.69, 9.17) is 16.3 Å². The number of ether oxygens (including phenoxy) is 1. The molecule has 2 aromatic carbocycles. The molecule has 0 saturated carbocycles. The molecule has 0 unspecified atom stereocenters. The molecule has 0 atom stereocenters. The van der Waals surface area contributed by atoms with Gasteiger partial charge in [-0.15, -0.1) is 0 Å². The van der Waals surface area contributed by atoms with Crippen LogP contribution in [0, 0.1) is 5.82 Å². The van der Waals surface area contributed by atoms with Gasteiger partial charge in [-0.2, -0.15) is 0 Å². The first-order chi connectivity index (χ1) is 10.6. The highest BCUT2D eigenvalue weighted by molar-refractivity contribution is 6.35. The van der Waals surface area contributed by atoms with Crippen molar-refractivity contribution in [1.82, 2.24) is 4.98 Å². The van der Waals surface area contributed by atoms with Gasteiger partial charge in [0.05, 0.1) is 5.02 Å². The Morgan fingerprint density at radius 2 is 1.91 bits per heavy atom. The van der Waals surface area contributed by atoms with Gasteiger partial charge in [0.15, 0.2) is 12.4 Å². The monoisotopic (exact) mass is 315 g/mol. The number of pyridine rings is 1. The van der Waals surface area contributed by atoms with Gasteiger partial charge in [0, 0.05) is 17.1 Å². The molecule has 3 aromatic rings. The molecule has 3 rings (SSSR count). The lowest BCUT2D eigenvalue weighted by Crippen LogP contribution is -2.11. The summed E-state index contributed by atoms with van der Waals surface area (Å²) in [5, 5.41) is 1.33. The third-order valence-electron chi connectivity index (χ3n) is 3.20. The normalized spacial score (nSPS) is 10.6. The Morgan fingerprint density at radius 3 is 2.68 bits per heavy atom. The van der Waals surface area contributed by atoms with E-state index in [0.717, 1.165) is 5.39 Å². The molecule has 0 aliphatic heterocycles. The molecule has 0 aliphatic carbocycles. The largest absolute Gasteiger partial charge is 0.483 e. The summed E-state index contributed by atoms with van der Waals surface area (Å²) in [6.07, 6.45) is 1.63. The summed E-state index contributed by atoms with van der Waals surface area (Å²) in [4.78, 5) is 16.3. The van der Waals surface area contributed by atoms with Crippen molar-refractivity contribution in [1.29, 1.82) is 0 Å². The molecule has 3 nitrogen and oxygen atoms in total. The molecule has 0 aliphatic rings. The van der Waals surface area contributed by atoms with Crippen molar-refractivity contribution in [2.75, 3.05) is 6.61 Å². The summed E-state index contributed by atoms with van der Waals surface area (Å²) in [7, 11) is 0. The van der Waals surface area contributed by atoms with E-state index >= 15 is 0 Å². The van der Waals surface area contributed by atoms with Crippen LogP contribution < -0.4 is 4.74 Å². The molecule has 0 amide bonds. The minimum absolute atomic E-state index is 0.154. The molecule has 0 N–H and O–H groups in total. The van der Waals surface area contributed by atoms with Crippen molar-refractivity contribution in [2.45, 2.75) is 0 Å². The number of halogens is 2. The Kier molecular flexibility index (Phi) is 4.02. The molecule has 1 heterocycles. The third kappa shape index (κ3) is 2.92. The standard InChI is InChI=1S/C17H11ClFNO2/c18-14-7-8-16(17-13(14)2-1-9-20-17)22-10-15(21)11-3-5-12(19)6-4-11/h1-9H,10H2. The number of rotatable bonds is 4. The Hall–Kier alpha value is -2.46.